The van der Waals surface area contributed by atoms with Gasteiger partial charge < -0.3 is 5.32 Å². The van der Waals surface area contributed by atoms with Crippen LogP contribution in [0, 0.1) is 6.92 Å². The van der Waals surface area contributed by atoms with Crippen LogP contribution in [0.3, 0.4) is 0 Å². The number of pyridine rings is 1. The SMILES string of the molecule is CCNc1c2c(nc3c(Cl)cc(C)c(Cl)c13)CCCC2. The lowest BCUT2D eigenvalue weighted by Crippen LogP contribution is -2.11. The van der Waals surface area contributed by atoms with E-state index in [2.05, 4.69) is 12.2 Å². The first-order valence-electron chi connectivity index (χ1n) is 7.17. The first-order chi connectivity index (χ1) is 9.63. The van der Waals surface area contributed by atoms with Crippen molar-refractivity contribution in [3.05, 3.63) is 32.9 Å². The molecule has 1 aliphatic carbocycles. The number of aryl methyl sites for hydroxylation is 2. The van der Waals surface area contributed by atoms with Gasteiger partial charge in [-0.3, -0.25) is 4.98 Å². The number of benzene rings is 1. The summed E-state index contributed by atoms with van der Waals surface area (Å²) in [4.78, 5) is 4.80. The molecule has 3 rings (SSSR count). The topological polar surface area (TPSA) is 24.9 Å². The van der Waals surface area contributed by atoms with E-state index in [4.69, 9.17) is 28.2 Å². The monoisotopic (exact) mass is 308 g/mol. The molecule has 20 heavy (non-hydrogen) atoms. The van der Waals surface area contributed by atoms with Gasteiger partial charge in [-0.15, -0.1) is 0 Å². The van der Waals surface area contributed by atoms with Crippen molar-refractivity contribution in [2.45, 2.75) is 39.5 Å². The van der Waals surface area contributed by atoms with Crippen LogP contribution in [0.25, 0.3) is 10.9 Å². The molecule has 0 radical (unpaired) electrons. The van der Waals surface area contributed by atoms with E-state index in [0.717, 1.165) is 46.6 Å². The molecule has 0 bridgehead atoms. The van der Waals surface area contributed by atoms with Crippen molar-refractivity contribution >= 4 is 39.8 Å². The minimum atomic E-state index is 0.689. The summed E-state index contributed by atoms with van der Waals surface area (Å²) in [5, 5.41) is 5.93. The van der Waals surface area contributed by atoms with E-state index in [1.165, 1.54) is 24.1 Å². The van der Waals surface area contributed by atoms with E-state index < -0.39 is 0 Å². The largest absolute Gasteiger partial charge is 0.384 e. The maximum atomic E-state index is 6.54. The lowest BCUT2D eigenvalue weighted by molar-refractivity contribution is 0.672. The Morgan fingerprint density at radius 3 is 2.75 bits per heavy atom. The van der Waals surface area contributed by atoms with Gasteiger partial charge in [0.25, 0.3) is 0 Å². The summed E-state index contributed by atoms with van der Waals surface area (Å²) in [6.45, 7) is 4.96. The molecule has 0 saturated carbocycles. The molecule has 0 atom stereocenters. The predicted molar refractivity (Wildman–Crippen MR) is 87.3 cm³/mol. The Kier molecular flexibility index (Phi) is 3.78. The fourth-order valence-electron chi connectivity index (χ4n) is 3.02. The zero-order valence-electron chi connectivity index (χ0n) is 11.8. The van der Waals surface area contributed by atoms with Crippen molar-refractivity contribution in [3.8, 4) is 0 Å². The zero-order chi connectivity index (χ0) is 14.3. The molecule has 2 nitrogen and oxygen atoms in total. The summed E-state index contributed by atoms with van der Waals surface area (Å²) in [5.74, 6) is 0. The molecule has 1 heterocycles. The van der Waals surface area contributed by atoms with Gasteiger partial charge in [0.2, 0.25) is 0 Å². The maximum absolute atomic E-state index is 6.54. The van der Waals surface area contributed by atoms with Crippen LogP contribution in [-0.4, -0.2) is 11.5 Å². The highest BCUT2D eigenvalue weighted by Gasteiger charge is 2.21. The Balaban J connectivity index is 2.42. The van der Waals surface area contributed by atoms with Crippen molar-refractivity contribution in [1.82, 2.24) is 4.98 Å². The van der Waals surface area contributed by atoms with Crippen LogP contribution in [0.1, 0.15) is 36.6 Å². The van der Waals surface area contributed by atoms with Gasteiger partial charge in [-0.1, -0.05) is 23.2 Å². The summed E-state index contributed by atoms with van der Waals surface area (Å²) in [6.07, 6.45) is 4.53. The highest BCUT2D eigenvalue weighted by atomic mass is 35.5. The molecule has 106 valence electrons. The van der Waals surface area contributed by atoms with Gasteiger partial charge in [-0.05, 0) is 56.7 Å². The summed E-state index contributed by atoms with van der Waals surface area (Å²) in [5.41, 5.74) is 5.48. The van der Waals surface area contributed by atoms with Crippen LogP contribution >= 0.6 is 23.2 Å². The van der Waals surface area contributed by atoms with Crippen LogP contribution in [-0.2, 0) is 12.8 Å². The Bertz CT molecular complexity index is 680. The fourth-order valence-corrected chi connectivity index (χ4v) is 3.56. The number of nitrogens with one attached hydrogen (secondary N) is 1. The molecule has 1 N–H and O–H groups in total. The third-order valence-electron chi connectivity index (χ3n) is 3.96. The molecule has 1 aliphatic rings. The lowest BCUT2D eigenvalue weighted by Gasteiger charge is -2.22. The first kappa shape index (κ1) is 14.0. The minimum Gasteiger partial charge on any atom is -0.384 e. The molecular weight excluding hydrogens is 291 g/mol. The molecule has 1 aromatic heterocycles. The molecule has 1 aromatic carbocycles. The van der Waals surface area contributed by atoms with Crippen molar-refractivity contribution in [2.75, 3.05) is 11.9 Å². The lowest BCUT2D eigenvalue weighted by atomic mass is 9.92. The predicted octanol–water partition coefficient (Wildman–Crippen LogP) is 5.16. The van der Waals surface area contributed by atoms with E-state index in [1.807, 2.05) is 13.0 Å². The smallest absolute Gasteiger partial charge is 0.0927 e. The summed E-state index contributed by atoms with van der Waals surface area (Å²) < 4.78 is 0. The van der Waals surface area contributed by atoms with Crippen LogP contribution in [0.4, 0.5) is 5.69 Å². The molecule has 2 aromatic rings. The maximum Gasteiger partial charge on any atom is 0.0927 e. The van der Waals surface area contributed by atoms with Gasteiger partial charge >= 0.3 is 0 Å². The second-order valence-electron chi connectivity index (χ2n) is 5.36. The van der Waals surface area contributed by atoms with Crippen molar-refractivity contribution in [2.24, 2.45) is 0 Å². The summed E-state index contributed by atoms with van der Waals surface area (Å²) >= 11 is 12.9. The zero-order valence-corrected chi connectivity index (χ0v) is 13.3. The van der Waals surface area contributed by atoms with Crippen molar-refractivity contribution in [3.63, 3.8) is 0 Å². The number of fused-ring (bicyclic) bond motifs is 2. The van der Waals surface area contributed by atoms with Crippen LogP contribution < -0.4 is 5.32 Å². The Morgan fingerprint density at radius 2 is 2.00 bits per heavy atom. The average molecular weight is 309 g/mol. The molecule has 4 heteroatoms. The third-order valence-corrected chi connectivity index (χ3v) is 4.74. The van der Waals surface area contributed by atoms with Crippen LogP contribution in [0.2, 0.25) is 10.0 Å². The van der Waals surface area contributed by atoms with Crippen molar-refractivity contribution in [1.29, 1.82) is 0 Å². The van der Waals surface area contributed by atoms with E-state index in [1.54, 1.807) is 0 Å². The van der Waals surface area contributed by atoms with Crippen LogP contribution in [0.15, 0.2) is 6.07 Å². The molecule has 0 saturated heterocycles. The van der Waals surface area contributed by atoms with E-state index in [9.17, 15) is 0 Å². The number of hydrogen-bond acceptors (Lipinski definition) is 2. The molecule has 0 amide bonds. The average Bonchev–Trinajstić information content (AvgIpc) is 2.45. The highest BCUT2D eigenvalue weighted by Crippen LogP contribution is 2.41. The Labute approximate surface area is 129 Å². The molecular formula is C16H18Cl2N2. The Hall–Kier alpha value is -0.990. The summed E-state index contributed by atoms with van der Waals surface area (Å²) in [6, 6.07) is 1.91. The quantitative estimate of drug-likeness (QED) is 0.828. The van der Waals surface area contributed by atoms with Gasteiger partial charge in [-0.25, -0.2) is 0 Å². The molecule has 0 spiro atoms. The molecule has 0 unspecified atom stereocenters. The Morgan fingerprint density at radius 1 is 1.25 bits per heavy atom. The van der Waals surface area contributed by atoms with Gasteiger partial charge in [0.15, 0.2) is 0 Å². The fraction of sp³-hybridized carbons (Fsp3) is 0.438. The number of aromatic nitrogens is 1. The van der Waals surface area contributed by atoms with Gasteiger partial charge in [0.1, 0.15) is 0 Å². The second kappa shape index (κ2) is 5.42. The first-order valence-corrected chi connectivity index (χ1v) is 7.93. The normalized spacial score (nSPS) is 14.4. The van der Waals surface area contributed by atoms with E-state index in [0.29, 0.717) is 5.02 Å². The number of nitrogens with zero attached hydrogens (tertiary/aromatic N) is 1. The number of anilines is 1. The second-order valence-corrected chi connectivity index (χ2v) is 6.15. The van der Waals surface area contributed by atoms with Crippen LogP contribution in [0.5, 0.6) is 0 Å². The van der Waals surface area contributed by atoms with E-state index in [-0.39, 0.29) is 0 Å². The van der Waals surface area contributed by atoms with E-state index >= 15 is 0 Å². The van der Waals surface area contributed by atoms with Gasteiger partial charge in [0.05, 0.1) is 21.2 Å². The standard InChI is InChI=1S/C16H18Cl2N2/c1-3-19-15-10-6-4-5-7-12(10)20-16-11(17)8-9(2)14(18)13(15)16/h8H,3-7H2,1-2H3,(H,19,20). The number of halogens is 2. The van der Waals surface area contributed by atoms with Gasteiger partial charge in [-0.2, -0.15) is 0 Å². The number of hydrogen-bond donors (Lipinski definition) is 1. The minimum absolute atomic E-state index is 0.689. The van der Waals surface area contributed by atoms with Crippen molar-refractivity contribution < 1.29 is 0 Å². The number of rotatable bonds is 2. The summed E-state index contributed by atoms with van der Waals surface area (Å²) in [7, 11) is 0. The third kappa shape index (κ3) is 2.15. The van der Waals surface area contributed by atoms with Gasteiger partial charge in [0, 0.05) is 17.6 Å². The highest BCUT2D eigenvalue weighted by molar-refractivity contribution is 6.41. The molecule has 0 fully saturated rings. The molecule has 0 aliphatic heterocycles.